The van der Waals surface area contributed by atoms with Crippen LogP contribution in [0.25, 0.3) is 0 Å². The number of aromatic nitrogens is 3. The Balaban J connectivity index is 1.76. The average molecular weight is 470 g/mol. The molecule has 0 amide bonds. The summed E-state index contributed by atoms with van der Waals surface area (Å²) in [6, 6.07) is 5.39. The van der Waals surface area contributed by atoms with Crippen molar-refractivity contribution in [2.24, 2.45) is 22.4 Å². The SMILES string of the molecule is COCC[C@]1(C)CC[C@@H](COc2ccc(OC(F)(F)F)cc2)[C@H](Cn2cncn2)C1=NOC. The van der Waals surface area contributed by atoms with Crippen molar-refractivity contribution in [2.75, 3.05) is 27.4 Å². The van der Waals surface area contributed by atoms with E-state index >= 15 is 0 Å². The lowest BCUT2D eigenvalue weighted by atomic mass is 9.63. The van der Waals surface area contributed by atoms with Crippen molar-refractivity contribution in [1.29, 1.82) is 0 Å². The molecule has 0 radical (unpaired) electrons. The molecule has 0 unspecified atom stereocenters. The monoisotopic (exact) mass is 470 g/mol. The molecule has 3 rings (SSSR count). The van der Waals surface area contributed by atoms with Gasteiger partial charge in [0.15, 0.2) is 0 Å². The van der Waals surface area contributed by atoms with Crippen molar-refractivity contribution >= 4 is 5.71 Å². The first-order chi connectivity index (χ1) is 15.7. The summed E-state index contributed by atoms with van der Waals surface area (Å²) >= 11 is 0. The van der Waals surface area contributed by atoms with E-state index in [0.717, 1.165) is 25.0 Å². The summed E-state index contributed by atoms with van der Waals surface area (Å²) in [5.74, 6) is 0.224. The third-order valence-electron chi connectivity index (χ3n) is 6.02. The van der Waals surface area contributed by atoms with Gasteiger partial charge in [-0.25, -0.2) is 4.98 Å². The highest BCUT2D eigenvalue weighted by Gasteiger charge is 2.44. The molecule has 1 aliphatic carbocycles. The normalized spacial score (nSPS) is 24.6. The molecule has 1 heterocycles. The molecule has 33 heavy (non-hydrogen) atoms. The number of nitrogens with zero attached hydrogens (tertiary/aromatic N) is 4. The molecule has 1 aromatic carbocycles. The van der Waals surface area contributed by atoms with Gasteiger partial charge in [0.2, 0.25) is 0 Å². The largest absolute Gasteiger partial charge is 0.573 e. The lowest BCUT2D eigenvalue weighted by Gasteiger charge is -2.43. The number of benzene rings is 1. The highest BCUT2D eigenvalue weighted by atomic mass is 19.4. The van der Waals surface area contributed by atoms with Crippen LogP contribution >= 0.6 is 0 Å². The topological polar surface area (TPSA) is 80.0 Å². The summed E-state index contributed by atoms with van der Waals surface area (Å²) < 4.78 is 54.1. The van der Waals surface area contributed by atoms with E-state index < -0.39 is 6.36 Å². The Morgan fingerprint density at radius 2 is 1.91 bits per heavy atom. The second-order valence-electron chi connectivity index (χ2n) is 8.32. The van der Waals surface area contributed by atoms with Crippen LogP contribution < -0.4 is 9.47 Å². The van der Waals surface area contributed by atoms with E-state index in [4.69, 9.17) is 14.3 Å². The van der Waals surface area contributed by atoms with E-state index in [1.165, 1.54) is 37.7 Å². The van der Waals surface area contributed by atoms with Crippen LogP contribution in [0.15, 0.2) is 42.1 Å². The summed E-state index contributed by atoms with van der Waals surface area (Å²) in [7, 11) is 3.20. The maximum Gasteiger partial charge on any atom is 0.573 e. The van der Waals surface area contributed by atoms with Crippen LogP contribution in [0.1, 0.15) is 26.2 Å². The molecule has 1 fully saturated rings. The minimum absolute atomic E-state index is 0.0323. The number of oxime groups is 1. The van der Waals surface area contributed by atoms with Gasteiger partial charge in [-0.1, -0.05) is 12.1 Å². The quantitative estimate of drug-likeness (QED) is 0.481. The molecule has 8 nitrogen and oxygen atoms in total. The van der Waals surface area contributed by atoms with Crippen molar-refractivity contribution in [3.63, 3.8) is 0 Å². The van der Waals surface area contributed by atoms with Crippen LogP contribution in [0.2, 0.25) is 0 Å². The maximum atomic E-state index is 12.4. The Kier molecular flexibility index (Phi) is 8.17. The summed E-state index contributed by atoms with van der Waals surface area (Å²) in [4.78, 5) is 9.26. The van der Waals surface area contributed by atoms with Gasteiger partial charge in [-0.15, -0.1) is 13.2 Å². The second kappa shape index (κ2) is 10.9. The molecule has 1 aromatic heterocycles. The van der Waals surface area contributed by atoms with Crippen LogP contribution in [0.5, 0.6) is 11.5 Å². The fourth-order valence-electron chi connectivity index (χ4n) is 4.27. The van der Waals surface area contributed by atoms with Gasteiger partial charge in [0.1, 0.15) is 31.3 Å². The van der Waals surface area contributed by atoms with Crippen molar-refractivity contribution < 1.29 is 32.2 Å². The predicted molar refractivity (Wildman–Crippen MR) is 114 cm³/mol. The maximum absolute atomic E-state index is 12.4. The zero-order chi connectivity index (χ0) is 23.9. The first-order valence-electron chi connectivity index (χ1n) is 10.7. The van der Waals surface area contributed by atoms with Crippen LogP contribution in [0.4, 0.5) is 13.2 Å². The Labute approximate surface area is 190 Å². The first kappa shape index (κ1) is 24.8. The minimum atomic E-state index is -4.73. The van der Waals surface area contributed by atoms with Gasteiger partial charge in [-0.2, -0.15) is 5.10 Å². The van der Waals surface area contributed by atoms with Gasteiger partial charge in [-0.3, -0.25) is 4.68 Å². The molecule has 0 N–H and O–H groups in total. The number of rotatable bonds is 10. The van der Waals surface area contributed by atoms with Gasteiger partial charge in [0.25, 0.3) is 0 Å². The van der Waals surface area contributed by atoms with Crippen molar-refractivity contribution in [3.05, 3.63) is 36.9 Å². The lowest BCUT2D eigenvalue weighted by Crippen LogP contribution is -2.46. The molecule has 2 aromatic rings. The smallest absolute Gasteiger partial charge is 0.493 e. The highest BCUT2D eigenvalue weighted by Crippen LogP contribution is 2.43. The van der Waals surface area contributed by atoms with Gasteiger partial charge in [0.05, 0.1) is 18.9 Å². The van der Waals surface area contributed by atoms with Crippen molar-refractivity contribution in [1.82, 2.24) is 14.8 Å². The summed E-state index contributed by atoms with van der Waals surface area (Å²) in [6.45, 7) is 3.68. The van der Waals surface area contributed by atoms with E-state index in [1.807, 2.05) is 0 Å². The molecule has 0 spiro atoms. The molecular formula is C22H29F3N4O4. The Hall–Kier alpha value is -2.82. The van der Waals surface area contributed by atoms with Crippen LogP contribution in [-0.2, 0) is 16.1 Å². The third kappa shape index (κ3) is 6.83. The fraction of sp³-hybridized carbons (Fsp3) is 0.591. The summed E-state index contributed by atoms with van der Waals surface area (Å²) in [5, 5.41) is 8.67. The summed E-state index contributed by atoms with van der Waals surface area (Å²) in [5.41, 5.74) is 0.719. The summed E-state index contributed by atoms with van der Waals surface area (Å²) in [6.07, 6.45) is 0.953. The number of ether oxygens (including phenoxy) is 3. The number of methoxy groups -OCH3 is 1. The van der Waals surface area contributed by atoms with E-state index in [1.54, 1.807) is 18.1 Å². The number of hydrogen-bond acceptors (Lipinski definition) is 7. The predicted octanol–water partition coefficient (Wildman–Crippen LogP) is 4.33. The number of halogens is 3. The molecule has 1 saturated carbocycles. The van der Waals surface area contributed by atoms with Crippen LogP contribution in [0.3, 0.4) is 0 Å². The van der Waals surface area contributed by atoms with E-state index in [0.29, 0.717) is 25.5 Å². The van der Waals surface area contributed by atoms with E-state index in [2.05, 4.69) is 26.9 Å². The zero-order valence-corrected chi connectivity index (χ0v) is 18.9. The zero-order valence-electron chi connectivity index (χ0n) is 18.9. The molecule has 0 saturated heterocycles. The molecule has 3 atom stereocenters. The van der Waals surface area contributed by atoms with Crippen molar-refractivity contribution in [3.8, 4) is 11.5 Å². The fourth-order valence-corrected chi connectivity index (χ4v) is 4.27. The Bertz CT molecular complexity index is 890. The molecule has 1 aliphatic rings. The molecule has 0 aliphatic heterocycles. The first-order valence-corrected chi connectivity index (χ1v) is 10.7. The van der Waals surface area contributed by atoms with Crippen LogP contribution in [0, 0.1) is 17.3 Å². The van der Waals surface area contributed by atoms with E-state index in [-0.39, 0.29) is 23.0 Å². The number of alkyl halides is 3. The van der Waals surface area contributed by atoms with Crippen LogP contribution in [-0.4, -0.2) is 54.3 Å². The second-order valence-corrected chi connectivity index (χ2v) is 8.32. The van der Waals surface area contributed by atoms with E-state index in [9.17, 15) is 13.2 Å². The van der Waals surface area contributed by atoms with Gasteiger partial charge in [-0.05, 0) is 43.5 Å². The minimum Gasteiger partial charge on any atom is -0.493 e. The number of hydrogen-bond donors (Lipinski definition) is 0. The van der Waals surface area contributed by atoms with Gasteiger partial charge in [0, 0.05) is 31.0 Å². The van der Waals surface area contributed by atoms with Crippen molar-refractivity contribution in [2.45, 2.75) is 39.1 Å². The molecule has 0 bridgehead atoms. The molecule has 11 heteroatoms. The highest BCUT2D eigenvalue weighted by molar-refractivity contribution is 5.92. The van der Waals surface area contributed by atoms with Gasteiger partial charge < -0.3 is 19.0 Å². The van der Waals surface area contributed by atoms with Gasteiger partial charge >= 0.3 is 6.36 Å². The molecule has 182 valence electrons. The average Bonchev–Trinajstić information content (AvgIpc) is 3.28. The third-order valence-corrected chi connectivity index (χ3v) is 6.02. The Morgan fingerprint density at radius 3 is 2.52 bits per heavy atom. The Morgan fingerprint density at radius 1 is 1.18 bits per heavy atom. The molecular weight excluding hydrogens is 441 g/mol. The standard InChI is InChI=1S/C22H29F3N4O4/c1-21(10-11-30-2)9-8-16(19(20(21)28-31-3)12-29-15-26-14-27-29)13-32-17-4-6-18(7-5-17)33-22(23,24)25/h4-7,14-16,19H,8-13H2,1-3H3/t16-,19-,21-/m0/s1. The lowest BCUT2D eigenvalue weighted by molar-refractivity contribution is -0.274.